The zero-order valence-corrected chi connectivity index (χ0v) is 19.2. The van der Waals surface area contributed by atoms with Gasteiger partial charge in [-0.3, -0.25) is 4.79 Å². The van der Waals surface area contributed by atoms with Crippen molar-refractivity contribution in [3.8, 4) is 0 Å². The number of amides is 1. The summed E-state index contributed by atoms with van der Waals surface area (Å²) in [6, 6.07) is 4.97. The van der Waals surface area contributed by atoms with Crippen molar-refractivity contribution in [2.24, 2.45) is 5.41 Å². The van der Waals surface area contributed by atoms with Gasteiger partial charge in [0.15, 0.2) is 0 Å². The van der Waals surface area contributed by atoms with Crippen LogP contribution in [-0.2, 0) is 17.6 Å². The average molecular weight is 487 g/mol. The fourth-order valence-corrected chi connectivity index (χ4v) is 4.96. The molecule has 32 heavy (non-hydrogen) atoms. The van der Waals surface area contributed by atoms with Gasteiger partial charge in [0, 0.05) is 35.9 Å². The van der Waals surface area contributed by atoms with E-state index in [-0.39, 0.29) is 23.8 Å². The van der Waals surface area contributed by atoms with Gasteiger partial charge in [0.05, 0.1) is 29.2 Å². The van der Waals surface area contributed by atoms with E-state index in [1.807, 2.05) is 0 Å². The Morgan fingerprint density at radius 1 is 1.25 bits per heavy atom. The number of halogens is 5. The number of aromatic amines is 1. The molecule has 0 radical (unpaired) electrons. The molecule has 4 rings (SSSR count). The van der Waals surface area contributed by atoms with Crippen LogP contribution in [0.4, 0.5) is 13.2 Å². The van der Waals surface area contributed by atoms with E-state index in [9.17, 15) is 18.0 Å². The average Bonchev–Trinajstić information content (AvgIpc) is 3.13. The quantitative estimate of drug-likeness (QED) is 0.585. The molecular formula is C23H23Cl2F3N2O2. The van der Waals surface area contributed by atoms with Crippen LogP contribution in [0.25, 0.3) is 5.57 Å². The number of H-pyrrole nitrogens is 1. The van der Waals surface area contributed by atoms with E-state index >= 15 is 0 Å². The molecule has 1 aliphatic carbocycles. The number of carbonyl (C=O) groups is 1. The first-order valence-corrected chi connectivity index (χ1v) is 11.1. The number of ether oxygens (including phenoxy) is 1. The number of aromatic nitrogens is 1. The number of nitrogens with zero attached hydrogens (tertiary/aromatic N) is 1. The number of hydrogen-bond donors (Lipinski definition) is 1. The fraction of sp³-hybridized carbons (Fsp3) is 0.435. The number of rotatable bonds is 3. The third-order valence-corrected chi connectivity index (χ3v) is 6.96. The molecule has 1 aromatic heterocycles. The third kappa shape index (κ3) is 4.18. The Morgan fingerprint density at radius 2 is 1.94 bits per heavy atom. The standard InChI is InChI=1S/C23H23Cl2F3N2O2/c1-13-11-22(2,23(26,27)28)12-14-9-15(29-20(13)14)10-17-18(24)4-3-16(19(17)25)21(31)30-5-7-32-8-6-30/h3-4,9,11,29H,5-8,10,12H2,1-2H3/t22-/m0/s1. The highest BCUT2D eigenvalue weighted by molar-refractivity contribution is 6.38. The van der Waals surface area contributed by atoms with Crippen LogP contribution in [0.1, 0.15) is 46.7 Å². The van der Waals surface area contributed by atoms with Gasteiger partial charge < -0.3 is 14.6 Å². The minimum absolute atomic E-state index is 0.142. The third-order valence-electron chi connectivity index (χ3n) is 6.17. The SMILES string of the molecule is CC1=C[C@](C)(C(F)(F)F)Cc2cc(Cc3c(Cl)ccc(C(=O)N4CCOCC4)c3Cl)[nH]c21. The first kappa shape index (κ1) is 23.2. The molecule has 2 aromatic rings. The highest BCUT2D eigenvalue weighted by Gasteiger charge is 2.51. The van der Waals surface area contributed by atoms with Crippen LogP contribution in [0, 0.1) is 5.41 Å². The Hall–Kier alpha value is -1.96. The van der Waals surface area contributed by atoms with Crippen LogP contribution in [0.3, 0.4) is 0 Å². The normalized spacial score (nSPS) is 21.3. The number of allylic oxidation sites excluding steroid dienone is 2. The molecule has 1 aliphatic heterocycles. The van der Waals surface area contributed by atoms with Crippen molar-refractivity contribution in [3.63, 3.8) is 0 Å². The van der Waals surface area contributed by atoms with Gasteiger partial charge in [-0.1, -0.05) is 29.3 Å². The van der Waals surface area contributed by atoms with Crippen molar-refractivity contribution >= 4 is 34.7 Å². The summed E-state index contributed by atoms with van der Waals surface area (Å²) in [5, 5.41) is 0.655. The fourth-order valence-electron chi connectivity index (χ4n) is 4.38. The van der Waals surface area contributed by atoms with Crippen LogP contribution in [-0.4, -0.2) is 48.3 Å². The van der Waals surface area contributed by atoms with Crippen LogP contribution in [0.15, 0.2) is 24.3 Å². The van der Waals surface area contributed by atoms with Crippen LogP contribution in [0.2, 0.25) is 10.0 Å². The predicted octanol–water partition coefficient (Wildman–Crippen LogP) is 5.91. The first-order valence-electron chi connectivity index (χ1n) is 10.3. The molecule has 0 saturated carbocycles. The molecule has 0 unspecified atom stereocenters. The molecule has 2 heterocycles. The van der Waals surface area contributed by atoms with Crippen molar-refractivity contribution in [2.75, 3.05) is 26.3 Å². The Labute approximate surface area is 194 Å². The molecule has 1 fully saturated rings. The second kappa shape index (κ2) is 8.43. The van der Waals surface area contributed by atoms with Crippen LogP contribution >= 0.6 is 23.2 Å². The Bertz CT molecular complexity index is 1090. The molecule has 0 bridgehead atoms. The lowest BCUT2D eigenvalue weighted by molar-refractivity contribution is -0.199. The van der Waals surface area contributed by atoms with E-state index in [1.54, 1.807) is 30.0 Å². The highest BCUT2D eigenvalue weighted by atomic mass is 35.5. The molecular weight excluding hydrogens is 464 g/mol. The van der Waals surface area contributed by atoms with E-state index in [0.717, 1.165) is 0 Å². The number of fused-ring (bicyclic) bond motifs is 1. The summed E-state index contributed by atoms with van der Waals surface area (Å²) in [5.74, 6) is -0.193. The number of nitrogens with one attached hydrogen (secondary N) is 1. The van der Waals surface area contributed by atoms with Crippen molar-refractivity contribution in [3.05, 3.63) is 62.4 Å². The Kier molecular flexibility index (Phi) is 6.11. The van der Waals surface area contributed by atoms with Gasteiger partial charge >= 0.3 is 6.18 Å². The van der Waals surface area contributed by atoms with E-state index < -0.39 is 11.6 Å². The topological polar surface area (TPSA) is 45.3 Å². The van der Waals surface area contributed by atoms with Gasteiger partial charge in [-0.25, -0.2) is 0 Å². The number of morpholine rings is 1. The summed E-state index contributed by atoms with van der Waals surface area (Å²) < 4.78 is 46.1. The van der Waals surface area contributed by atoms with E-state index in [1.165, 1.54) is 13.0 Å². The molecule has 1 saturated heterocycles. The lowest BCUT2D eigenvalue weighted by Crippen LogP contribution is -2.40. The van der Waals surface area contributed by atoms with Crippen LogP contribution in [0.5, 0.6) is 0 Å². The van der Waals surface area contributed by atoms with Gasteiger partial charge in [-0.15, -0.1) is 0 Å². The summed E-state index contributed by atoms with van der Waals surface area (Å²) in [7, 11) is 0. The van der Waals surface area contributed by atoms with Gasteiger partial charge in [-0.2, -0.15) is 13.2 Å². The molecule has 0 spiro atoms. The molecule has 9 heteroatoms. The summed E-state index contributed by atoms with van der Waals surface area (Å²) in [5.41, 5.74) is 1.53. The Balaban J connectivity index is 1.63. The van der Waals surface area contributed by atoms with Crippen molar-refractivity contribution in [1.29, 1.82) is 0 Å². The van der Waals surface area contributed by atoms with Crippen molar-refractivity contribution < 1.29 is 22.7 Å². The number of carbonyl (C=O) groups excluding carboxylic acids is 1. The van der Waals surface area contributed by atoms with Gasteiger partial charge in [0.25, 0.3) is 5.91 Å². The highest BCUT2D eigenvalue weighted by Crippen LogP contribution is 2.47. The maximum absolute atomic E-state index is 13.6. The van der Waals surface area contributed by atoms with Gasteiger partial charge in [0.2, 0.25) is 0 Å². The maximum atomic E-state index is 13.6. The molecule has 1 aromatic carbocycles. The van der Waals surface area contributed by atoms with E-state index in [0.29, 0.717) is 65.0 Å². The van der Waals surface area contributed by atoms with Crippen molar-refractivity contribution in [2.45, 2.75) is 32.9 Å². The summed E-state index contributed by atoms with van der Waals surface area (Å²) in [6.45, 7) is 4.80. The molecule has 4 nitrogen and oxygen atoms in total. The van der Waals surface area contributed by atoms with E-state index in [2.05, 4.69) is 4.98 Å². The molecule has 1 amide bonds. The summed E-state index contributed by atoms with van der Waals surface area (Å²) in [6.07, 6.45) is -2.94. The van der Waals surface area contributed by atoms with Crippen LogP contribution < -0.4 is 0 Å². The van der Waals surface area contributed by atoms with Gasteiger partial charge in [0.1, 0.15) is 0 Å². The number of benzene rings is 1. The predicted molar refractivity (Wildman–Crippen MR) is 118 cm³/mol. The smallest absolute Gasteiger partial charge is 0.378 e. The minimum atomic E-state index is -4.34. The first-order chi connectivity index (χ1) is 15.0. The van der Waals surface area contributed by atoms with E-state index in [4.69, 9.17) is 27.9 Å². The zero-order valence-electron chi connectivity index (χ0n) is 17.7. The lowest BCUT2D eigenvalue weighted by Gasteiger charge is -2.32. The van der Waals surface area contributed by atoms with Crippen molar-refractivity contribution in [1.82, 2.24) is 9.88 Å². The molecule has 1 N–H and O–H groups in total. The second-order valence-electron chi connectivity index (χ2n) is 8.58. The summed E-state index contributed by atoms with van der Waals surface area (Å²) >= 11 is 13.0. The summed E-state index contributed by atoms with van der Waals surface area (Å²) in [4.78, 5) is 17.8. The van der Waals surface area contributed by atoms with Gasteiger partial charge in [-0.05, 0) is 55.2 Å². The zero-order chi connectivity index (χ0) is 23.3. The molecule has 2 aliphatic rings. The largest absolute Gasteiger partial charge is 0.397 e. The number of hydrogen-bond acceptors (Lipinski definition) is 2. The lowest BCUT2D eigenvalue weighted by atomic mass is 9.77. The maximum Gasteiger partial charge on any atom is 0.397 e. The second-order valence-corrected chi connectivity index (χ2v) is 9.37. The monoisotopic (exact) mass is 486 g/mol. The minimum Gasteiger partial charge on any atom is -0.378 e. The number of alkyl halides is 3. The Morgan fingerprint density at radius 3 is 2.59 bits per heavy atom. The molecule has 172 valence electrons. The molecule has 1 atom stereocenters.